The molecule has 1 N–H and O–H groups in total. The Morgan fingerprint density at radius 1 is 0.758 bits per heavy atom. The van der Waals surface area contributed by atoms with Crippen molar-refractivity contribution in [1.82, 2.24) is 4.72 Å². The first kappa shape index (κ1) is 25.0. The number of benzene rings is 3. The molecule has 0 bridgehead atoms. The van der Waals surface area contributed by atoms with Crippen LogP contribution in [-0.4, -0.2) is 31.5 Å². The summed E-state index contributed by atoms with van der Waals surface area (Å²) in [7, 11) is -12.3. The molecule has 7 nitrogen and oxygen atoms in total. The first-order valence-electron chi connectivity index (χ1n) is 9.66. The lowest BCUT2D eigenvalue weighted by atomic mass is 10.1. The summed E-state index contributed by atoms with van der Waals surface area (Å²) in [5, 5.41) is 0. The van der Waals surface area contributed by atoms with Crippen LogP contribution in [0.3, 0.4) is 0 Å². The molecule has 3 aromatic rings. The highest BCUT2D eigenvalue weighted by atomic mass is 32.2. The van der Waals surface area contributed by atoms with Crippen molar-refractivity contribution < 1.29 is 29.6 Å². The van der Waals surface area contributed by atoms with Crippen molar-refractivity contribution >= 4 is 29.7 Å². The molecule has 0 heterocycles. The van der Waals surface area contributed by atoms with Crippen LogP contribution in [0.4, 0.5) is 4.39 Å². The van der Waals surface area contributed by atoms with Gasteiger partial charge in [-0.05, 0) is 61.4 Å². The van der Waals surface area contributed by atoms with Crippen LogP contribution in [0.5, 0.6) is 0 Å². The molecule has 3 rings (SSSR count). The summed E-state index contributed by atoms with van der Waals surface area (Å²) >= 11 is 0. The molecule has 0 aromatic heterocycles. The Kier molecular flexibility index (Phi) is 6.81. The van der Waals surface area contributed by atoms with Gasteiger partial charge in [0.2, 0.25) is 29.7 Å². The highest BCUT2D eigenvalue weighted by Crippen LogP contribution is 2.33. The second-order valence-corrected chi connectivity index (χ2v) is 13.2. The molecular formula is C22H22FNO6S3. The largest absolute Gasteiger partial charge is 0.218 e. The maximum Gasteiger partial charge on any atom is 0.210 e. The van der Waals surface area contributed by atoms with Gasteiger partial charge >= 0.3 is 0 Å². The topological polar surface area (TPSA) is 114 Å². The van der Waals surface area contributed by atoms with Gasteiger partial charge in [-0.3, -0.25) is 0 Å². The third-order valence-corrected chi connectivity index (χ3v) is 9.45. The summed E-state index contributed by atoms with van der Waals surface area (Å²) < 4.78 is 92.7. The van der Waals surface area contributed by atoms with E-state index < -0.39 is 56.2 Å². The van der Waals surface area contributed by atoms with Gasteiger partial charge in [-0.2, -0.15) is 0 Å². The van der Waals surface area contributed by atoms with Crippen LogP contribution >= 0.6 is 0 Å². The zero-order valence-corrected chi connectivity index (χ0v) is 20.4. The Morgan fingerprint density at radius 3 is 1.94 bits per heavy atom. The summed E-state index contributed by atoms with van der Waals surface area (Å²) in [4.78, 5) is -1.81. The van der Waals surface area contributed by atoms with E-state index in [1.165, 1.54) is 54.6 Å². The van der Waals surface area contributed by atoms with Gasteiger partial charge in [0, 0.05) is 6.04 Å². The maximum atomic E-state index is 14.3. The lowest BCUT2D eigenvalue weighted by Gasteiger charge is -2.15. The van der Waals surface area contributed by atoms with Crippen LogP contribution in [0.15, 0.2) is 86.3 Å². The van der Waals surface area contributed by atoms with E-state index >= 15 is 0 Å². The molecule has 1 unspecified atom stereocenters. The second kappa shape index (κ2) is 8.98. The van der Waals surface area contributed by atoms with Crippen molar-refractivity contribution in [3.8, 4) is 0 Å². The molecule has 0 aliphatic carbocycles. The van der Waals surface area contributed by atoms with Gasteiger partial charge < -0.3 is 0 Å². The number of sulfone groups is 2. The zero-order valence-electron chi connectivity index (χ0n) is 18.0. The number of hydrogen-bond donors (Lipinski definition) is 1. The Bertz CT molecular complexity index is 1510. The summed E-state index contributed by atoms with van der Waals surface area (Å²) in [6.45, 7) is 3.20. The minimum absolute atomic E-state index is 0.188. The molecule has 0 radical (unpaired) electrons. The number of aryl methyl sites for hydroxylation is 1. The molecule has 0 amide bonds. The smallest absolute Gasteiger partial charge is 0.210 e. The highest BCUT2D eigenvalue weighted by Gasteiger charge is 2.31. The summed E-state index contributed by atoms with van der Waals surface area (Å²) in [6.07, 6.45) is 1.01. The van der Waals surface area contributed by atoms with E-state index in [0.717, 1.165) is 18.4 Å². The number of rotatable bonds is 7. The monoisotopic (exact) mass is 511 g/mol. The molecule has 3 aromatic carbocycles. The van der Waals surface area contributed by atoms with Crippen molar-refractivity contribution in [2.24, 2.45) is 0 Å². The van der Waals surface area contributed by atoms with E-state index in [0.29, 0.717) is 11.1 Å². The number of nitrogens with one attached hydrogen (secondary N) is 1. The molecule has 33 heavy (non-hydrogen) atoms. The number of sulfonamides is 1. The van der Waals surface area contributed by atoms with Gasteiger partial charge in [-0.1, -0.05) is 30.3 Å². The van der Waals surface area contributed by atoms with Crippen molar-refractivity contribution in [2.75, 3.05) is 6.26 Å². The van der Waals surface area contributed by atoms with Crippen LogP contribution < -0.4 is 4.72 Å². The fourth-order valence-electron chi connectivity index (χ4n) is 3.28. The Labute approximate surface area is 193 Å². The normalized spacial score (nSPS) is 13.6. The Hall–Kier alpha value is -2.60. The fourth-order valence-corrected chi connectivity index (χ4v) is 7.53. The van der Waals surface area contributed by atoms with Gasteiger partial charge in [0.1, 0.15) is 10.7 Å². The molecule has 0 saturated carbocycles. The van der Waals surface area contributed by atoms with Crippen molar-refractivity contribution in [1.29, 1.82) is 0 Å². The van der Waals surface area contributed by atoms with Crippen molar-refractivity contribution in [2.45, 2.75) is 39.5 Å². The molecule has 0 fully saturated rings. The van der Waals surface area contributed by atoms with E-state index in [4.69, 9.17) is 0 Å². The third kappa shape index (κ3) is 5.32. The Morgan fingerprint density at radius 2 is 1.36 bits per heavy atom. The average molecular weight is 512 g/mol. The van der Waals surface area contributed by atoms with Gasteiger partial charge in [-0.15, -0.1) is 0 Å². The first-order valence-corrected chi connectivity index (χ1v) is 14.5. The van der Waals surface area contributed by atoms with Crippen LogP contribution in [0, 0.1) is 12.7 Å². The number of halogens is 1. The van der Waals surface area contributed by atoms with Crippen LogP contribution in [0.2, 0.25) is 0 Å². The number of hydrogen-bond acceptors (Lipinski definition) is 6. The summed E-state index contributed by atoms with van der Waals surface area (Å²) in [5.41, 5.74) is 1.00. The van der Waals surface area contributed by atoms with E-state index in [-0.39, 0.29) is 4.90 Å². The van der Waals surface area contributed by atoms with Gasteiger partial charge in [0.15, 0.2) is 0 Å². The van der Waals surface area contributed by atoms with E-state index in [1.807, 2.05) is 0 Å². The third-order valence-electron chi connectivity index (χ3n) is 4.89. The van der Waals surface area contributed by atoms with Gasteiger partial charge in [0.05, 0.1) is 20.9 Å². The van der Waals surface area contributed by atoms with Crippen molar-refractivity contribution in [3.05, 3.63) is 83.7 Å². The van der Waals surface area contributed by atoms with Crippen LogP contribution in [-0.2, 0) is 29.7 Å². The quantitative estimate of drug-likeness (QED) is 0.520. The molecule has 11 heteroatoms. The summed E-state index contributed by atoms with van der Waals surface area (Å²) in [6, 6.07) is 13.4. The Balaban J connectivity index is 2.11. The van der Waals surface area contributed by atoms with Gasteiger partial charge in [-0.25, -0.2) is 34.4 Å². The molecule has 1 atom stereocenters. The molecule has 0 spiro atoms. The SMILES string of the molecule is Cc1ccc(S(=O)(=O)c2ccc(C(C)NS(C)(=O)=O)cc2)c(S(=O)(=O)c2ccccc2F)c1. The van der Waals surface area contributed by atoms with E-state index in [2.05, 4.69) is 4.72 Å². The van der Waals surface area contributed by atoms with Gasteiger partial charge in [0.25, 0.3) is 0 Å². The average Bonchev–Trinajstić information content (AvgIpc) is 2.72. The minimum Gasteiger partial charge on any atom is -0.218 e. The lowest BCUT2D eigenvalue weighted by molar-refractivity contribution is 0.562. The molecule has 0 saturated heterocycles. The van der Waals surface area contributed by atoms with E-state index in [1.54, 1.807) is 13.8 Å². The van der Waals surface area contributed by atoms with E-state index in [9.17, 15) is 29.6 Å². The predicted octanol–water partition coefficient (Wildman–Crippen LogP) is 3.41. The highest BCUT2D eigenvalue weighted by molar-refractivity contribution is 7.94. The molecule has 0 aliphatic heterocycles. The molecule has 0 aliphatic rings. The molecular weight excluding hydrogens is 489 g/mol. The minimum atomic E-state index is -4.49. The maximum absolute atomic E-state index is 14.3. The standard InChI is InChI=1S/C22H22FNO6S3/c1-15-8-13-21(22(14-15)33(29,30)20-7-5-4-6-19(20)23)32(27,28)18-11-9-17(10-12-18)16(2)24-31(3,25)26/h4-14,16,24H,1-3H3. The lowest BCUT2D eigenvalue weighted by Crippen LogP contribution is -2.25. The first-order chi connectivity index (χ1) is 15.2. The summed E-state index contributed by atoms with van der Waals surface area (Å²) in [5.74, 6) is -0.987. The zero-order chi connectivity index (χ0) is 24.6. The van der Waals surface area contributed by atoms with Crippen molar-refractivity contribution in [3.63, 3.8) is 0 Å². The van der Waals surface area contributed by atoms with Crippen LogP contribution in [0.25, 0.3) is 0 Å². The predicted molar refractivity (Wildman–Crippen MR) is 121 cm³/mol. The molecule has 176 valence electrons. The second-order valence-electron chi connectivity index (χ2n) is 7.57. The fraction of sp³-hybridized carbons (Fsp3) is 0.182. The van der Waals surface area contributed by atoms with Crippen LogP contribution in [0.1, 0.15) is 24.1 Å².